The molecule has 0 saturated heterocycles. The van der Waals surface area contributed by atoms with E-state index in [1.165, 1.54) is 21.5 Å². The standard InChI is InChI=1S/2C13H8N.C12H8.2C11H8N.C10H8N2.2C9H6NS.4Pt/c2*1-2-6-12-10(4-1)7-8-11-5-3-9-14-13(11)12;1-3-7-11(8-4-1)12-9-5-2-6-10-12;2*1-2-6-10(7-3-1)11-8-4-5-9-12-11;1-3-7-11-9(5-1)10-6-2-4-8-12-10;2*1-2-6-10-8(4-1)9-5-3-7-11-9;;;;/h2*1-5,7-9H;1-7,9H;2*1-6,8-9H;1-8H;2*1-4,6-7H;;;;/q2*-1;-2;2*-1;;2*-1;4*+2. The van der Waals surface area contributed by atoms with Gasteiger partial charge in [0.2, 0.25) is 0 Å². The van der Waals surface area contributed by atoms with Crippen molar-refractivity contribution in [2.24, 2.45) is 0 Å². The summed E-state index contributed by atoms with van der Waals surface area (Å²) in [5, 5.41) is 10.9. The number of aromatic nitrogens is 8. The Kier molecular flexibility index (Phi) is 35.1. The Morgan fingerprint density at radius 3 is 0.784 bits per heavy atom. The number of benzene rings is 8. The van der Waals surface area contributed by atoms with Gasteiger partial charge in [-0.25, -0.2) is 33.8 Å². The summed E-state index contributed by atoms with van der Waals surface area (Å²) in [7, 11) is 0. The summed E-state index contributed by atoms with van der Waals surface area (Å²) in [5.74, 6) is 0. The van der Waals surface area contributed by atoms with Crippen molar-refractivity contribution < 1.29 is 84.3 Å². The zero-order valence-corrected chi connectivity index (χ0v) is 65.0. The minimum Gasteiger partial charge on any atom is -0.319 e. The summed E-state index contributed by atoms with van der Waals surface area (Å²) >= 11 is 3.32. The summed E-state index contributed by atoms with van der Waals surface area (Å²) in [6, 6.07) is 124. The normalized spacial score (nSPS) is 9.65. The van der Waals surface area contributed by atoms with Gasteiger partial charge in [-0.3, -0.25) is 9.97 Å². The fourth-order valence-electron chi connectivity index (χ4n) is 9.52. The van der Waals surface area contributed by atoms with E-state index in [1.54, 1.807) is 59.9 Å². The number of hydrogen-bond acceptors (Lipinski definition) is 10. The SMILES string of the molecule is [Pt+2].[Pt+2].[Pt+2].[Pt+2].[c-]1cccc2ccc3cccnc3c12.[c-]1cccc2ccc3cccnc3c12.[c-]1ccccc1-c1[c-]cccc1.[c-]1ccccc1-c1ccccn1.[c-]1ccccc1-c1ccccn1.[c-]1ccsc1-c1ccccn1.[c-]1ccsc1-c1ccccn1.c1ccc(-c2ccccn2)nc1. The van der Waals surface area contributed by atoms with Crippen molar-refractivity contribution in [1.82, 2.24) is 39.9 Å². The van der Waals surface area contributed by atoms with Crippen molar-refractivity contribution in [3.05, 3.63) is 412 Å². The Morgan fingerprint density at radius 2 is 0.480 bits per heavy atom. The van der Waals surface area contributed by atoms with Gasteiger partial charge >= 0.3 is 84.3 Å². The van der Waals surface area contributed by atoms with Crippen LogP contribution in [0.5, 0.6) is 0 Å². The molecule has 0 atom stereocenters. The van der Waals surface area contributed by atoms with E-state index < -0.39 is 0 Å². The number of pyridine rings is 8. The molecule has 0 saturated carbocycles. The zero-order chi connectivity index (χ0) is 66.7. The summed E-state index contributed by atoms with van der Waals surface area (Å²) in [4.78, 5) is 36.2. The number of nitrogens with zero attached hydrogens (tertiary/aromatic N) is 8. The van der Waals surface area contributed by atoms with Crippen LogP contribution in [-0.2, 0) is 84.3 Å². The minimum absolute atomic E-state index is 0. The second-order valence-corrected chi connectivity index (χ2v) is 22.6. The molecule has 0 N–H and O–H groups in total. The van der Waals surface area contributed by atoms with Crippen molar-refractivity contribution >= 4 is 66.0 Å². The molecule has 18 rings (SSSR count). The monoisotopic (exact) mass is 2070 g/mol. The van der Waals surface area contributed by atoms with Crippen molar-refractivity contribution in [2.45, 2.75) is 0 Å². The van der Waals surface area contributed by atoms with Gasteiger partial charge in [0.1, 0.15) is 0 Å². The Morgan fingerprint density at radius 1 is 0.196 bits per heavy atom. The maximum absolute atomic E-state index is 4.38. The first-order valence-corrected chi connectivity index (χ1v) is 33.0. The van der Waals surface area contributed by atoms with Crippen LogP contribution in [0.15, 0.2) is 364 Å². The van der Waals surface area contributed by atoms with Crippen LogP contribution in [0.3, 0.4) is 0 Å². The fraction of sp³-hybridized carbons (Fsp3) is 0. The van der Waals surface area contributed by atoms with Gasteiger partial charge in [-0.05, 0) is 105 Å². The van der Waals surface area contributed by atoms with E-state index in [9.17, 15) is 0 Å². The van der Waals surface area contributed by atoms with Crippen molar-refractivity contribution in [1.29, 1.82) is 0 Å². The van der Waals surface area contributed by atoms with E-state index in [2.05, 4.69) is 137 Å². The van der Waals surface area contributed by atoms with E-state index in [1.807, 2.05) is 278 Å². The van der Waals surface area contributed by atoms with Crippen LogP contribution in [-0.4, -0.2) is 39.9 Å². The Labute approximate surface area is 662 Å². The quantitative estimate of drug-likeness (QED) is 0.120. The van der Waals surface area contributed by atoms with Gasteiger partial charge in [0.15, 0.2) is 0 Å². The minimum atomic E-state index is 0. The summed E-state index contributed by atoms with van der Waals surface area (Å²) in [6.45, 7) is 0. The van der Waals surface area contributed by atoms with Crippen molar-refractivity contribution in [2.75, 3.05) is 0 Å². The Balaban J connectivity index is 0.000000163. The molecule has 10 aromatic heterocycles. The van der Waals surface area contributed by atoms with Crippen molar-refractivity contribution in [3.8, 4) is 66.2 Å². The Bertz CT molecular complexity index is 4440. The zero-order valence-electron chi connectivity index (χ0n) is 54.3. The van der Waals surface area contributed by atoms with Gasteiger partial charge in [-0.15, -0.1) is 165 Å². The first-order valence-electron chi connectivity index (χ1n) is 31.2. The third kappa shape index (κ3) is 24.8. The molecule has 18 aromatic rings. The van der Waals surface area contributed by atoms with E-state index in [0.29, 0.717) is 0 Å². The first kappa shape index (κ1) is 79.5. The average molecular weight is 2070 g/mol. The maximum Gasteiger partial charge on any atom is 2.00 e. The van der Waals surface area contributed by atoms with Crippen LogP contribution in [0.2, 0.25) is 0 Å². The molecule has 0 aliphatic heterocycles. The predicted octanol–water partition coefficient (Wildman–Crippen LogP) is 21.8. The molecule has 8 aromatic carbocycles. The number of fused-ring (bicyclic) bond motifs is 6. The number of hydrogen-bond donors (Lipinski definition) is 0. The molecule has 102 heavy (non-hydrogen) atoms. The van der Waals surface area contributed by atoms with Gasteiger partial charge in [0.05, 0.1) is 11.4 Å². The molecule has 0 unspecified atom stereocenters. The second kappa shape index (κ2) is 45.1. The molecule has 8 nitrogen and oxygen atoms in total. The predicted molar refractivity (Wildman–Crippen MR) is 403 cm³/mol. The molecule has 0 aliphatic carbocycles. The van der Waals surface area contributed by atoms with Crippen LogP contribution in [0.4, 0.5) is 0 Å². The third-order valence-electron chi connectivity index (χ3n) is 14.1. The van der Waals surface area contributed by atoms with E-state index in [0.717, 1.165) is 88.0 Å². The van der Waals surface area contributed by atoms with Gasteiger partial charge in [0, 0.05) is 49.6 Å². The Hall–Kier alpha value is -9.85. The molecule has 0 amide bonds. The summed E-state index contributed by atoms with van der Waals surface area (Å²) in [5.41, 5.74) is 12.1. The first-order chi connectivity index (χ1) is 48.7. The van der Waals surface area contributed by atoms with E-state index in [4.69, 9.17) is 0 Å². The third-order valence-corrected chi connectivity index (χ3v) is 15.8. The van der Waals surface area contributed by atoms with Crippen LogP contribution in [0, 0.1) is 48.5 Å². The molecular weight excluding hydrogens is 2010 g/mol. The van der Waals surface area contributed by atoms with Gasteiger partial charge < -0.3 is 29.9 Å². The van der Waals surface area contributed by atoms with Crippen LogP contribution < -0.4 is 0 Å². The number of thiophene rings is 2. The van der Waals surface area contributed by atoms with Crippen LogP contribution >= 0.6 is 22.7 Å². The molecule has 0 aliphatic rings. The molecule has 0 fully saturated rings. The van der Waals surface area contributed by atoms with Gasteiger partial charge in [0.25, 0.3) is 0 Å². The molecule has 10 heterocycles. The fourth-order valence-corrected chi connectivity index (χ4v) is 10.8. The molecule has 504 valence electrons. The summed E-state index contributed by atoms with van der Waals surface area (Å²) < 4.78 is 0. The molecular formula is C88H60N8Pt4S2. The number of rotatable bonds is 6. The topological polar surface area (TPSA) is 103 Å². The molecule has 0 bridgehead atoms. The second-order valence-electron chi connectivity index (χ2n) is 20.7. The van der Waals surface area contributed by atoms with Crippen LogP contribution in [0.1, 0.15) is 0 Å². The molecule has 14 heteroatoms. The molecule has 0 radical (unpaired) electrons. The maximum atomic E-state index is 4.38. The van der Waals surface area contributed by atoms with E-state index >= 15 is 0 Å². The molecule has 0 spiro atoms. The average Bonchev–Trinajstić information content (AvgIpc) is 0.827. The van der Waals surface area contributed by atoms with Gasteiger partial charge in [-0.2, -0.15) is 72.8 Å². The van der Waals surface area contributed by atoms with E-state index in [-0.39, 0.29) is 84.3 Å². The largest absolute Gasteiger partial charge is 2.00 e. The van der Waals surface area contributed by atoms with Crippen LogP contribution in [0.25, 0.3) is 110 Å². The smallest absolute Gasteiger partial charge is 0.319 e. The van der Waals surface area contributed by atoms with Crippen molar-refractivity contribution in [3.63, 3.8) is 0 Å². The van der Waals surface area contributed by atoms with Gasteiger partial charge in [-0.1, -0.05) is 107 Å². The summed E-state index contributed by atoms with van der Waals surface area (Å²) in [6.07, 6.45) is 14.3.